The van der Waals surface area contributed by atoms with Crippen molar-refractivity contribution in [1.29, 1.82) is 0 Å². The average Bonchev–Trinajstić information content (AvgIpc) is 2.81. The largest absolute Gasteiger partial charge is 0.748 e. The van der Waals surface area contributed by atoms with E-state index in [0.29, 0.717) is 6.61 Å². The number of benzene rings is 2. The van der Waals surface area contributed by atoms with Gasteiger partial charge in [-0.15, -0.1) is 0 Å². The number of nitrogens with zero attached hydrogens (tertiary/aromatic N) is 1. The Morgan fingerprint density at radius 1 is 1.03 bits per heavy atom. The standard InChI is InChI=1S/C22H28N2O2.C2H6O3S/c1-2-26-21(25)22(19-9-5-3-6-10-19)13-16-24(17-14-22)18-15-23-20-11-7-4-8-12-20;1-2-6(3,4)5/h3-12,23H,2,13-18H2,1H3;2H2,1H3,(H,3,4,5)/p-1. The van der Waals surface area contributed by atoms with Crippen LogP contribution in [0.25, 0.3) is 0 Å². The third-order valence-electron chi connectivity index (χ3n) is 5.59. The summed E-state index contributed by atoms with van der Waals surface area (Å²) in [5, 5.41) is 3.45. The maximum atomic E-state index is 12.8. The highest BCUT2D eigenvalue weighted by Crippen LogP contribution is 2.36. The van der Waals surface area contributed by atoms with Crippen LogP contribution in [0.4, 0.5) is 5.69 Å². The van der Waals surface area contributed by atoms with Gasteiger partial charge in [-0.2, -0.15) is 0 Å². The molecular formula is C24H33N2O5S-. The Balaban J connectivity index is 0.000000534. The van der Waals surface area contributed by atoms with E-state index in [9.17, 15) is 17.8 Å². The molecule has 0 bridgehead atoms. The summed E-state index contributed by atoms with van der Waals surface area (Å²) < 4.78 is 33.8. The number of anilines is 1. The minimum absolute atomic E-state index is 0.0757. The molecule has 0 radical (unpaired) electrons. The highest BCUT2D eigenvalue weighted by Gasteiger charge is 2.43. The summed E-state index contributed by atoms with van der Waals surface area (Å²) in [7, 11) is -3.91. The van der Waals surface area contributed by atoms with Gasteiger partial charge in [-0.1, -0.05) is 55.5 Å². The first-order valence-corrected chi connectivity index (χ1v) is 12.6. The maximum Gasteiger partial charge on any atom is 0.316 e. The van der Waals surface area contributed by atoms with E-state index in [0.717, 1.165) is 50.3 Å². The zero-order valence-corrected chi connectivity index (χ0v) is 19.6. The minimum Gasteiger partial charge on any atom is -0.748 e. The number of piperidine rings is 1. The van der Waals surface area contributed by atoms with Crippen molar-refractivity contribution in [2.24, 2.45) is 0 Å². The van der Waals surface area contributed by atoms with Gasteiger partial charge in [0.25, 0.3) is 0 Å². The molecule has 1 N–H and O–H groups in total. The van der Waals surface area contributed by atoms with Crippen LogP contribution in [0.1, 0.15) is 32.3 Å². The fraction of sp³-hybridized carbons (Fsp3) is 0.458. The van der Waals surface area contributed by atoms with Gasteiger partial charge in [0.2, 0.25) is 0 Å². The lowest BCUT2D eigenvalue weighted by Crippen LogP contribution is -2.49. The molecule has 0 aliphatic carbocycles. The highest BCUT2D eigenvalue weighted by molar-refractivity contribution is 7.85. The van der Waals surface area contributed by atoms with Gasteiger partial charge in [0, 0.05) is 24.5 Å². The molecule has 0 aromatic heterocycles. The maximum absolute atomic E-state index is 12.8. The van der Waals surface area contributed by atoms with Crippen LogP contribution in [0.15, 0.2) is 60.7 Å². The zero-order valence-electron chi connectivity index (χ0n) is 18.8. The van der Waals surface area contributed by atoms with E-state index >= 15 is 0 Å². The smallest absolute Gasteiger partial charge is 0.316 e. The van der Waals surface area contributed by atoms with Crippen molar-refractivity contribution < 1.29 is 22.5 Å². The molecule has 1 saturated heterocycles. The van der Waals surface area contributed by atoms with E-state index in [2.05, 4.69) is 34.5 Å². The molecule has 1 fully saturated rings. The van der Waals surface area contributed by atoms with E-state index in [4.69, 9.17) is 4.74 Å². The summed E-state index contributed by atoms with van der Waals surface area (Å²) >= 11 is 0. The Morgan fingerprint density at radius 2 is 1.56 bits per heavy atom. The number of esters is 1. The number of para-hydroxylation sites is 1. The van der Waals surface area contributed by atoms with Crippen molar-refractivity contribution in [3.8, 4) is 0 Å². The van der Waals surface area contributed by atoms with Gasteiger partial charge < -0.3 is 19.5 Å². The fourth-order valence-electron chi connectivity index (χ4n) is 3.71. The Labute approximate surface area is 191 Å². The predicted octanol–water partition coefficient (Wildman–Crippen LogP) is 3.25. The van der Waals surface area contributed by atoms with Crippen molar-refractivity contribution >= 4 is 21.8 Å². The lowest BCUT2D eigenvalue weighted by Gasteiger charge is -2.40. The molecule has 32 heavy (non-hydrogen) atoms. The van der Waals surface area contributed by atoms with Gasteiger partial charge in [0.05, 0.1) is 22.1 Å². The molecule has 0 amide bonds. The number of carbonyl (C=O) groups is 1. The summed E-state index contributed by atoms with van der Waals surface area (Å²) in [6.45, 7) is 7.31. The molecule has 0 atom stereocenters. The molecule has 2 aromatic rings. The predicted molar refractivity (Wildman–Crippen MR) is 126 cm³/mol. The Kier molecular flexibility index (Phi) is 10.2. The zero-order chi connectivity index (χ0) is 23.5. The van der Waals surface area contributed by atoms with Crippen LogP contribution < -0.4 is 5.32 Å². The van der Waals surface area contributed by atoms with Crippen molar-refractivity contribution in [2.75, 3.05) is 43.9 Å². The van der Waals surface area contributed by atoms with Crippen LogP contribution in [0, 0.1) is 0 Å². The molecule has 1 aliphatic heterocycles. The first-order valence-electron chi connectivity index (χ1n) is 11.0. The molecule has 176 valence electrons. The molecule has 0 saturated carbocycles. The second-order valence-corrected chi connectivity index (χ2v) is 9.34. The van der Waals surface area contributed by atoms with Crippen LogP contribution in [-0.4, -0.2) is 62.4 Å². The third kappa shape index (κ3) is 7.93. The van der Waals surface area contributed by atoms with E-state index in [1.165, 1.54) is 6.92 Å². The molecule has 1 aliphatic rings. The van der Waals surface area contributed by atoms with Gasteiger partial charge >= 0.3 is 5.97 Å². The van der Waals surface area contributed by atoms with Crippen molar-refractivity contribution in [3.05, 3.63) is 66.2 Å². The minimum atomic E-state index is -3.91. The normalized spacial score (nSPS) is 15.8. The summed E-state index contributed by atoms with van der Waals surface area (Å²) in [5.74, 6) is -0.388. The molecule has 8 heteroatoms. The van der Waals surface area contributed by atoms with Crippen molar-refractivity contribution in [1.82, 2.24) is 4.90 Å². The second-order valence-electron chi connectivity index (χ2n) is 7.65. The number of nitrogens with one attached hydrogen (secondary N) is 1. The Morgan fingerprint density at radius 3 is 2.06 bits per heavy atom. The summed E-state index contributed by atoms with van der Waals surface area (Å²) in [5.41, 5.74) is 1.73. The average molecular weight is 462 g/mol. The lowest BCUT2D eigenvalue weighted by atomic mass is 9.72. The first kappa shape index (κ1) is 25.8. The molecule has 0 spiro atoms. The van der Waals surface area contributed by atoms with E-state index in [1.807, 2.05) is 43.3 Å². The fourth-order valence-corrected chi connectivity index (χ4v) is 3.71. The first-order chi connectivity index (χ1) is 15.3. The van der Waals surface area contributed by atoms with E-state index in [-0.39, 0.29) is 11.7 Å². The number of ether oxygens (including phenoxy) is 1. The highest BCUT2D eigenvalue weighted by atomic mass is 32.2. The monoisotopic (exact) mass is 461 g/mol. The van der Waals surface area contributed by atoms with E-state index in [1.54, 1.807) is 0 Å². The third-order valence-corrected chi connectivity index (χ3v) is 6.29. The van der Waals surface area contributed by atoms with E-state index < -0.39 is 15.5 Å². The van der Waals surface area contributed by atoms with Crippen molar-refractivity contribution in [2.45, 2.75) is 32.1 Å². The number of carbonyl (C=O) groups excluding carboxylic acids is 1. The second kappa shape index (κ2) is 12.6. The van der Waals surface area contributed by atoms with Crippen LogP contribution in [0.3, 0.4) is 0 Å². The van der Waals surface area contributed by atoms with Crippen molar-refractivity contribution in [3.63, 3.8) is 0 Å². The lowest BCUT2D eigenvalue weighted by molar-refractivity contribution is -0.152. The van der Waals surface area contributed by atoms with Crippen LogP contribution in [0.5, 0.6) is 0 Å². The Hall–Kier alpha value is -2.42. The summed E-state index contributed by atoms with van der Waals surface area (Å²) in [4.78, 5) is 15.2. The quantitative estimate of drug-likeness (QED) is 0.476. The molecule has 1 heterocycles. The van der Waals surface area contributed by atoms with Crippen LogP contribution in [0.2, 0.25) is 0 Å². The van der Waals surface area contributed by atoms with Gasteiger partial charge in [-0.3, -0.25) is 4.79 Å². The summed E-state index contributed by atoms with van der Waals surface area (Å²) in [6, 6.07) is 20.4. The molecule has 3 rings (SSSR count). The SMILES string of the molecule is CCOC(=O)C1(c2ccccc2)CCN(CCNc2ccccc2)CC1.CCS(=O)(=O)[O-]. The Bertz CT molecular complexity index is 912. The topological polar surface area (TPSA) is 98.8 Å². The number of rotatable bonds is 8. The van der Waals surface area contributed by atoms with Crippen LogP contribution >= 0.6 is 0 Å². The number of hydrogen-bond acceptors (Lipinski definition) is 7. The molecule has 2 aromatic carbocycles. The van der Waals surface area contributed by atoms with Gasteiger partial charge in [-0.05, 0) is 50.6 Å². The molecule has 7 nitrogen and oxygen atoms in total. The summed E-state index contributed by atoms with van der Waals surface area (Å²) in [6.07, 6.45) is 1.61. The number of hydrogen-bond donors (Lipinski definition) is 1. The van der Waals surface area contributed by atoms with Gasteiger partial charge in [-0.25, -0.2) is 8.42 Å². The van der Waals surface area contributed by atoms with Crippen LogP contribution in [-0.2, 0) is 25.1 Å². The van der Waals surface area contributed by atoms with Gasteiger partial charge in [0.15, 0.2) is 0 Å². The van der Waals surface area contributed by atoms with Gasteiger partial charge in [0.1, 0.15) is 0 Å². The molecule has 0 unspecified atom stereocenters. The number of likely N-dealkylation sites (tertiary alicyclic amines) is 1. The molecular weight excluding hydrogens is 428 g/mol.